The largest absolute Gasteiger partial charge is 0.490 e. The molecule has 0 heterocycles. The molecule has 2 rings (SSSR count). The van der Waals surface area contributed by atoms with Crippen LogP contribution < -0.4 is 9.47 Å². The van der Waals surface area contributed by atoms with E-state index in [1.807, 2.05) is 49.4 Å². The van der Waals surface area contributed by atoms with Crippen molar-refractivity contribution >= 4 is 11.1 Å². The summed E-state index contributed by atoms with van der Waals surface area (Å²) in [6.07, 6.45) is -1.48. The molecule has 0 fully saturated rings. The zero-order valence-corrected chi connectivity index (χ0v) is 14.7. The lowest BCUT2D eigenvalue weighted by Gasteiger charge is -2.27. The Balaban J connectivity index is 2.30. The Morgan fingerprint density at radius 1 is 1.04 bits per heavy atom. The van der Waals surface area contributed by atoms with Gasteiger partial charge in [0.15, 0.2) is 28.7 Å². The quantitative estimate of drug-likeness (QED) is 0.629. The van der Waals surface area contributed by atoms with Gasteiger partial charge in [-0.2, -0.15) is 0 Å². The van der Waals surface area contributed by atoms with Crippen LogP contribution in [0, 0.1) is 0 Å². The summed E-state index contributed by atoms with van der Waals surface area (Å²) in [7, 11) is 0. The number of para-hydroxylation sites is 2. The van der Waals surface area contributed by atoms with Crippen molar-refractivity contribution in [1.29, 1.82) is 0 Å². The average Bonchev–Trinajstić information content (AvgIpc) is 2.63. The third-order valence-electron chi connectivity index (χ3n) is 3.43. The van der Waals surface area contributed by atoms with Crippen molar-refractivity contribution in [1.82, 2.24) is 0 Å². The highest BCUT2D eigenvalue weighted by atomic mass is 32.2. The summed E-state index contributed by atoms with van der Waals surface area (Å²) < 4.78 is 36.9. The molecular formula is C18H22O6S. The second-order valence-corrected chi connectivity index (χ2v) is 6.03. The molecule has 2 N–H and O–H groups in total. The van der Waals surface area contributed by atoms with Crippen molar-refractivity contribution in [3.63, 3.8) is 0 Å². The van der Waals surface area contributed by atoms with Crippen LogP contribution in [0.5, 0.6) is 11.5 Å². The van der Waals surface area contributed by atoms with Crippen molar-refractivity contribution < 1.29 is 28.1 Å². The summed E-state index contributed by atoms with van der Waals surface area (Å²) in [6.45, 7) is 2.00. The van der Waals surface area contributed by atoms with Crippen LogP contribution in [0.1, 0.15) is 18.6 Å². The molecule has 2 aromatic rings. The number of benzene rings is 2. The molecular weight excluding hydrogens is 344 g/mol. The first kappa shape index (κ1) is 19.4. The summed E-state index contributed by atoms with van der Waals surface area (Å²) >= 11 is -2.13. The van der Waals surface area contributed by atoms with E-state index in [0.29, 0.717) is 18.1 Å². The molecule has 1 unspecified atom stereocenters. The molecule has 0 saturated heterocycles. The summed E-state index contributed by atoms with van der Waals surface area (Å²) in [6, 6.07) is 16.5. The minimum atomic E-state index is -2.13. The fourth-order valence-corrected chi connectivity index (χ4v) is 2.63. The Bertz CT molecular complexity index is 664. The zero-order valence-electron chi connectivity index (χ0n) is 13.9. The van der Waals surface area contributed by atoms with E-state index in [4.69, 9.17) is 18.8 Å². The van der Waals surface area contributed by atoms with E-state index in [9.17, 15) is 9.32 Å². The normalized spacial score (nSPS) is 14.5. The predicted molar refractivity (Wildman–Crippen MR) is 95.0 cm³/mol. The van der Waals surface area contributed by atoms with Crippen LogP contribution >= 0.6 is 0 Å². The van der Waals surface area contributed by atoms with Gasteiger partial charge in [-0.15, -0.1) is 0 Å². The van der Waals surface area contributed by atoms with Gasteiger partial charge in [0.25, 0.3) is 0 Å². The van der Waals surface area contributed by atoms with Crippen molar-refractivity contribution in [3.05, 3.63) is 60.2 Å². The maximum absolute atomic E-state index is 10.9. The Kier molecular flexibility index (Phi) is 7.87. The lowest BCUT2D eigenvalue weighted by molar-refractivity contribution is -0.0397. The van der Waals surface area contributed by atoms with Crippen LogP contribution in [0.3, 0.4) is 0 Å². The lowest BCUT2D eigenvalue weighted by atomic mass is 10.0. The Morgan fingerprint density at radius 3 is 2.28 bits per heavy atom. The number of rotatable bonds is 10. The van der Waals surface area contributed by atoms with E-state index >= 15 is 0 Å². The van der Waals surface area contributed by atoms with Gasteiger partial charge in [-0.25, -0.2) is 4.21 Å². The lowest BCUT2D eigenvalue weighted by Crippen LogP contribution is -2.31. The minimum absolute atomic E-state index is 0.367. The van der Waals surface area contributed by atoms with Crippen LogP contribution in [0.2, 0.25) is 0 Å². The fourth-order valence-electron chi connectivity index (χ4n) is 2.34. The van der Waals surface area contributed by atoms with Crippen molar-refractivity contribution in [3.8, 4) is 11.5 Å². The zero-order chi connectivity index (χ0) is 18.1. The van der Waals surface area contributed by atoms with Crippen LogP contribution in [-0.4, -0.2) is 39.1 Å². The molecule has 3 atom stereocenters. The minimum Gasteiger partial charge on any atom is -0.490 e. The third-order valence-corrected chi connectivity index (χ3v) is 3.77. The molecule has 0 aliphatic rings. The molecule has 136 valence electrons. The molecule has 0 aliphatic carbocycles. The molecule has 0 spiro atoms. The van der Waals surface area contributed by atoms with E-state index in [0.717, 1.165) is 5.56 Å². The highest BCUT2D eigenvalue weighted by molar-refractivity contribution is 7.79. The number of aliphatic hydroxyl groups is 1. The monoisotopic (exact) mass is 366 g/mol. The van der Waals surface area contributed by atoms with Crippen molar-refractivity contribution in [2.75, 3.05) is 19.2 Å². The van der Waals surface area contributed by atoms with E-state index in [1.54, 1.807) is 12.1 Å². The van der Waals surface area contributed by atoms with E-state index in [2.05, 4.69) is 0 Å². The topological polar surface area (TPSA) is 85.2 Å². The first-order chi connectivity index (χ1) is 12.2. The molecule has 0 aliphatic heterocycles. The van der Waals surface area contributed by atoms with Gasteiger partial charge < -0.3 is 23.9 Å². The SMILES string of the molecule is CCOc1ccccc1O[C@@H](c1ccccc1)[C@@H](CO)OCS(=O)O. The van der Waals surface area contributed by atoms with Gasteiger partial charge in [-0.3, -0.25) is 0 Å². The number of hydrogen-bond donors (Lipinski definition) is 2. The van der Waals surface area contributed by atoms with Crippen LogP contribution in [0.25, 0.3) is 0 Å². The Morgan fingerprint density at radius 2 is 1.68 bits per heavy atom. The fraction of sp³-hybridized carbons (Fsp3) is 0.333. The van der Waals surface area contributed by atoms with Gasteiger partial charge in [0.1, 0.15) is 12.0 Å². The van der Waals surface area contributed by atoms with Crippen LogP contribution in [-0.2, 0) is 15.8 Å². The molecule has 25 heavy (non-hydrogen) atoms. The summed E-state index contributed by atoms with van der Waals surface area (Å²) in [5.41, 5.74) is 0.775. The van der Waals surface area contributed by atoms with Gasteiger partial charge in [0, 0.05) is 0 Å². The molecule has 0 bridgehead atoms. The number of ether oxygens (including phenoxy) is 3. The second kappa shape index (κ2) is 10.1. The third kappa shape index (κ3) is 5.82. The standard InChI is InChI=1S/C18H22O6S/c1-2-22-15-10-6-7-11-16(15)24-18(14-8-4-3-5-9-14)17(12-19)23-13-25(20)21/h3-11,17-19H,2,12-13H2,1H3,(H,20,21)/t17-,18+/m1/s1. The van der Waals surface area contributed by atoms with E-state index in [-0.39, 0.29) is 6.61 Å². The molecule has 7 heteroatoms. The maximum atomic E-state index is 10.9. The van der Waals surface area contributed by atoms with Gasteiger partial charge >= 0.3 is 0 Å². The Hall–Kier alpha value is -1.93. The van der Waals surface area contributed by atoms with Gasteiger partial charge in [0.05, 0.1) is 13.2 Å². The summed E-state index contributed by atoms with van der Waals surface area (Å²) in [5, 5.41) is 9.70. The highest BCUT2D eigenvalue weighted by Gasteiger charge is 2.27. The first-order valence-corrected chi connectivity index (χ1v) is 9.16. The maximum Gasteiger partial charge on any atom is 0.179 e. The predicted octanol–water partition coefficient (Wildman–Crippen LogP) is 2.76. The Labute approximate surface area is 149 Å². The smallest absolute Gasteiger partial charge is 0.179 e. The average molecular weight is 366 g/mol. The molecule has 0 saturated carbocycles. The van der Waals surface area contributed by atoms with Crippen LogP contribution in [0.4, 0.5) is 0 Å². The van der Waals surface area contributed by atoms with Crippen molar-refractivity contribution in [2.45, 2.75) is 19.1 Å². The van der Waals surface area contributed by atoms with Gasteiger partial charge in [-0.05, 0) is 24.6 Å². The van der Waals surface area contributed by atoms with E-state index < -0.39 is 29.2 Å². The second-order valence-electron chi connectivity index (χ2n) is 5.16. The molecule has 0 amide bonds. The van der Waals surface area contributed by atoms with Gasteiger partial charge in [0.2, 0.25) is 0 Å². The summed E-state index contributed by atoms with van der Waals surface area (Å²) in [4.78, 5) is 0. The van der Waals surface area contributed by atoms with E-state index in [1.165, 1.54) is 0 Å². The first-order valence-electron chi connectivity index (χ1n) is 7.89. The molecule has 6 nitrogen and oxygen atoms in total. The number of hydrogen-bond acceptors (Lipinski definition) is 5. The number of aliphatic hydroxyl groups excluding tert-OH is 1. The molecule has 0 aromatic heterocycles. The van der Waals surface area contributed by atoms with Gasteiger partial charge in [-0.1, -0.05) is 42.5 Å². The van der Waals surface area contributed by atoms with Crippen LogP contribution in [0.15, 0.2) is 54.6 Å². The summed E-state index contributed by atoms with van der Waals surface area (Å²) in [5.74, 6) is 0.670. The highest BCUT2D eigenvalue weighted by Crippen LogP contribution is 2.33. The molecule has 2 aromatic carbocycles. The molecule has 0 radical (unpaired) electrons. The van der Waals surface area contributed by atoms with Crippen molar-refractivity contribution in [2.24, 2.45) is 0 Å².